The Morgan fingerprint density at radius 2 is 2.07 bits per heavy atom. The summed E-state index contributed by atoms with van der Waals surface area (Å²) in [5, 5.41) is 0.102. The molecule has 1 rings (SSSR count). The van der Waals surface area contributed by atoms with Crippen molar-refractivity contribution in [3.63, 3.8) is 0 Å². The lowest BCUT2D eigenvalue weighted by Crippen LogP contribution is -2.15. The minimum atomic E-state index is -0.426. The molecule has 0 aliphatic heterocycles. The Morgan fingerprint density at radius 1 is 1.43 bits per heavy atom. The first-order valence-corrected chi connectivity index (χ1v) is 4.43. The van der Waals surface area contributed by atoms with Gasteiger partial charge in [0.1, 0.15) is 5.82 Å². The van der Waals surface area contributed by atoms with Gasteiger partial charge in [-0.1, -0.05) is 17.7 Å². The van der Waals surface area contributed by atoms with Crippen LogP contribution in [-0.4, -0.2) is 6.54 Å². The van der Waals surface area contributed by atoms with Crippen molar-refractivity contribution < 1.29 is 4.39 Å². The van der Waals surface area contributed by atoms with E-state index in [9.17, 15) is 4.39 Å². The van der Waals surface area contributed by atoms with E-state index in [-0.39, 0.29) is 23.5 Å². The number of nitrogens with two attached hydrogens (primary N) is 2. The molecular weight excluding hydrogens is 226 g/mol. The monoisotopic (exact) mass is 238 g/mol. The first kappa shape index (κ1) is 13.7. The van der Waals surface area contributed by atoms with Gasteiger partial charge in [-0.3, -0.25) is 0 Å². The SMILES string of the molecule is Cl.NCC[C@@H](N)c1ccc(F)c(Cl)c1. The number of rotatable bonds is 3. The van der Waals surface area contributed by atoms with Crippen molar-refractivity contribution in [2.45, 2.75) is 12.5 Å². The molecule has 0 amide bonds. The van der Waals surface area contributed by atoms with E-state index in [0.717, 1.165) is 5.56 Å². The molecule has 0 aliphatic rings. The zero-order valence-corrected chi connectivity index (χ0v) is 9.11. The van der Waals surface area contributed by atoms with Gasteiger partial charge in [0.25, 0.3) is 0 Å². The third-order valence-electron chi connectivity index (χ3n) is 1.85. The van der Waals surface area contributed by atoms with Crippen LogP contribution in [0.1, 0.15) is 18.0 Å². The van der Waals surface area contributed by atoms with Crippen LogP contribution in [0.3, 0.4) is 0 Å². The van der Waals surface area contributed by atoms with Gasteiger partial charge in [0, 0.05) is 6.04 Å². The topological polar surface area (TPSA) is 52.0 Å². The molecule has 0 saturated heterocycles. The quantitative estimate of drug-likeness (QED) is 0.849. The van der Waals surface area contributed by atoms with E-state index in [0.29, 0.717) is 13.0 Å². The minimum Gasteiger partial charge on any atom is -0.330 e. The Kier molecular flexibility index (Phi) is 6.04. The van der Waals surface area contributed by atoms with Crippen LogP contribution in [0.15, 0.2) is 18.2 Å². The lowest BCUT2D eigenvalue weighted by molar-refractivity contribution is 0.621. The van der Waals surface area contributed by atoms with Crippen molar-refractivity contribution >= 4 is 24.0 Å². The Morgan fingerprint density at radius 3 is 2.57 bits per heavy atom. The van der Waals surface area contributed by atoms with Crippen LogP contribution in [0.5, 0.6) is 0 Å². The summed E-state index contributed by atoms with van der Waals surface area (Å²) >= 11 is 5.60. The van der Waals surface area contributed by atoms with Gasteiger partial charge in [0.2, 0.25) is 0 Å². The molecule has 0 radical (unpaired) electrons. The average molecular weight is 239 g/mol. The highest BCUT2D eigenvalue weighted by molar-refractivity contribution is 6.30. The zero-order valence-electron chi connectivity index (χ0n) is 7.54. The molecule has 1 aromatic rings. The molecule has 0 aliphatic carbocycles. The average Bonchev–Trinajstić information content (AvgIpc) is 2.10. The molecule has 5 heteroatoms. The molecule has 0 saturated carbocycles. The van der Waals surface area contributed by atoms with Gasteiger partial charge in [-0.05, 0) is 30.7 Å². The van der Waals surface area contributed by atoms with Crippen LogP contribution in [-0.2, 0) is 0 Å². The van der Waals surface area contributed by atoms with Gasteiger partial charge >= 0.3 is 0 Å². The summed E-state index contributed by atoms with van der Waals surface area (Å²) in [6, 6.07) is 4.32. The van der Waals surface area contributed by atoms with E-state index < -0.39 is 5.82 Å². The van der Waals surface area contributed by atoms with Crippen LogP contribution in [0.2, 0.25) is 5.02 Å². The lowest BCUT2D eigenvalue weighted by atomic mass is 10.1. The predicted octanol–water partition coefficient (Wildman–Crippen LogP) is 2.25. The second-order valence-electron chi connectivity index (χ2n) is 2.86. The second-order valence-corrected chi connectivity index (χ2v) is 3.26. The predicted molar refractivity (Wildman–Crippen MR) is 59.3 cm³/mol. The van der Waals surface area contributed by atoms with Crippen LogP contribution in [0, 0.1) is 5.82 Å². The Balaban J connectivity index is 0.00000169. The van der Waals surface area contributed by atoms with Gasteiger partial charge in [-0.2, -0.15) is 0 Å². The molecule has 2 nitrogen and oxygen atoms in total. The third kappa shape index (κ3) is 3.42. The third-order valence-corrected chi connectivity index (χ3v) is 2.14. The summed E-state index contributed by atoms with van der Waals surface area (Å²) in [5.74, 6) is -0.426. The van der Waals surface area contributed by atoms with Gasteiger partial charge in [-0.15, -0.1) is 12.4 Å². The van der Waals surface area contributed by atoms with Crippen molar-refractivity contribution in [3.05, 3.63) is 34.6 Å². The smallest absolute Gasteiger partial charge is 0.141 e. The summed E-state index contributed by atoms with van der Waals surface area (Å²) in [7, 11) is 0. The number of halogens is 3. The van der Waals surface area contributed by atoms with E-state index in [1.165, 1.54) is 12.1 Å². The van der Waals surface area contributed by atoms with Gasteiger partial charge in [-0.25, -0.2) is 4.39 Å². The molecule has 0 spiro atoms. The van der Waals surface area contributed by atoms with Crippen LogP contribution >= 0.6 is 24.0 Å². The first-order chi connectivity index (χ1) is 6.15. The van der Waals surface area contributed by atoms with Gasteiger partial charge < -0.3 is 11.5 Å². The first-order valence-electron chi connectivity index (χ1n) is 4.05. The van der Waals surface area contributed by atoms with Crippen molar-refractivity contribution in [1.29, 1.82) is 0 Å². The fraction of sp³-hybridized carbons (Fsp3) is 0.333. The van der Waals surface area contributed by atoms with Gasteiger partial charge in [0.05, 0.1) is 5.02 Å². The Bertz CT molecular complexity index is 294. The largest absolute Gasteiger partial charge is 0.330 e. The highest BCUT2D eigenvalue weighted by atomic mass is 35.5. The molecule has 0 heterocycles. The molecule has 0 aromatic heterocycles. The van der Waals surface area contributed by atoms with Crippen LogP contribution < -0.4 is 11.5 Å². The summed E-state index contributed by atoms with van der Waals surface area (Å²) in [5.41, 5.74) is 11.9. The second kappa shape index (κ2) is 6.19. The van der Waals surface area contributed by atoms with Crippen LogP contribution in [0.4, 0.5) is 4.39 Å². The summed E-state index contributed by atoms with van der Waals surface area (Å²) in [4.78, 5) is 0. The van der Waals surface area contributed by atoms with Crippen LogP contribution in [0.25, 0.3) is 0 Å². The van der Waals surface area contributed by atoms with E-state index in [1.807, 2.05) is 0 Å². The van der Waals surface area contributed by atoms with Crippen molar-refractivity contribution in [2.24, 2.45) is 11.5 Å². The van der Waals surface area contributed by atoms with E-state index in [4.69, 9.17) is 23.1 Å². The van der Waals surface area contributed by atoms with Crippen molar-refractivity contribution in [2.75, 3.05) is 6.54 Å². The number of hydrogen-bond acceptors (Lipinski definition) is 2. The van der Waals surface area contributed by atoms with Gasteiger partial charge in [0.15, 0.2) is 0 Å². The lowest BCUT2D eigenvalue weighted by Gasteiger charge is -2.10. The Hall–Kier alpha value is -0.350. The maximum atomic E-state index is 12.8. The summed E-state index contributed by atoms with van der Waals surface area (Å²) < 4.78 is 12.8. The molecule has 0 unspecified atom stereocenters. The summed E-state index contributed by atoms with van der Waals surface area (Å²) in [6.45, 7) is 0.510. The molecule has 0 bridgehead atoms. The molecular formula is C9H13Cl2FN2. The Labute approximate surface area is 93.8 Å². The van der Waals surface area contributed by atoms with Crippen molar-refractivity contribution in [3.8, 4) is 0 Å². The number of benzene rings is 1. The van der Waals surface area contributed by atoms with E-state index in [1.54, 1.807) is 6.07 Å². The highest BCUT2D eigenvalue weighted by Crippen LogP contribution is 2.20. The number of hydrogen-bond donors (Lipinski definition) is 2. The maximum Gasteiger partial charge on any atom is 0.141 e. The van der Waals surface area contributed by atoms with E-state index >= 15 is 0 Å². The highest BCUT2D eigenvalue weighted by Gasteiger charge is 2.07. The molecule has 80 valence electrons. The molecule has 14 heavy (non-hydrogen) atoms. The summed E-state index contributed by atoms with van der Waals surface area (Å²) in [6.07, 6.45) is 0.669. The molecule has 0 fully saturated rings. The molecule has 1 aromatic carbocycles. The fourth-order valence-corrected chi connectivity index (χ4v) is 1.28. The zero-order chi connectivity index (χ0) is 9.84. The standard InChI is InChI=1S/C9H12ClFN2.ClH/c10-7-5-6(1-2-8(7)11)9(13)3-4-12;/h1-2,5,9H,3-4,12-13H2;1H/t9-;/m1./s1. The molecule has 4 N–H and O–H groups in total. The maximum absolute atomic E-state index is 12.8. The molecule has 1 atom stereocenters. The fourth-order valence-electron chi connectivity index (χ4n) is 1.09. The minimum absolute atomic E-state index is 0. The normalized spacial score (nSPS) is 12.0. The van der Waals surface area contributed by atoms with E-state index in [2.05, 4.69) is 0 Å². The van der Waals surface area contributed by atoms with Crippen molar-refractivity contribution in [1.82, 2.24) is 0 Å².